The SMILES string of the molecule is NC(N)=NCc1ccc(N2CC(CN3CCN(C(CC(=O)O)C(=O)O)CC3)OC2=O)cc1. The minimum Gasteiger partial charge on any atom is -0.481 e. The van der Waals surface area contributed by atoms with Crippen LogP contribution in [0.2, 0.25) is 0 Å². The number of carbonyl (C=O) groups is 3. The Bertz CT molecular complexity index is 864. The Labute approximate surface area is 185 Å². The van der Waals surface area contributed by atoms with Crippen molar-refractivity contribution in [3.05, 3.63) is 29.8 Å². The standard InChI is InChI=1S/C20H28N6O6/c21-19(22)23-10-13-1-3-14(4-2-13)26-12-15(32-20(26)31)11-24-5-7-25(8-6-24)16(18(29)30)9-17(27)28/h1-4,15-16H,5-12H2,(H,27,28)(H,29,30)(H4,21,22,23). The number of nitrogens with zero attached hydrogens (tertiary/aromatic N) is 4. The number of anilines is 1. The van der Waals surface area contributed by atoms with Crippen LogP contribution in [0.4, 0.5) is 10.5 Å². The van der Waals surface area contributed by atoms with Gasteiger partial charge in [0.25, 0.3) is 0 Å². The zero-order valence-electron chi connectivity index (χ0n) is 17.6. The lowest BCUT2D eigenvalue weighted by Gasteiger charge is -2.37. The van der Waals surface area contributed by atoms with Gasteiger partial charge < -0.3 is 26.4 Å². The number of piperazine rings is 1. The van der Waals surface area contributed by atoms with Gasteiger partial charge in [-0.15, -0.1) is 0 Å². The van der Waals surface area contributed by atoms with Crippen molar-refractivity contribution < 1.29 is 29.3 Å². The summed E-state index contributed by atoms with van der Waals surface area (Å²) in [6.07, 6.45) is -1.17. The van der Waals surface area contributed by atoms with Crippen LogP contribution in [0.5, 0.6) is 0 Å². The minimum atomic E-state index is -1.14. The highest BCUT2D eigenvalue weighted by Crippen LogP contribution is 2.23. The summed E-state index contributed by atoms with van der Waals surface area (Å²) in [5.74, 6) is -2.26. The van der Waals surface area contributed by atoms with E-state index in [4.69, 9.17) is 21.3 Å². The highest BCUT2D eigenvalue weighted by Gasteiger charge is 2.35. The van der Waals surface area contributed by atoms with Crippen molar-refractivity contribution in [2.75, 3.05) is 44.2 Å². The third-order valence-corrected chi connectivity index (χ3v) is 5.53. The number of hydrogen-bond acceptors (Lipinski definition) is 7. The van der Waals surface area contributed by atoms with Gasteiger partial charge in [-0.3, -0.25) is 24.3 Å². The van der Waals surface area contributed by atoms with Gasteiger partial charge in [0.2, 0.25) is 0 Å². The largest absolute Gasteiger partial charge is 0.481 e. The quantitative estimate of drug-likeness (QED) is 0.280. The molecule has 2 unspecified atom stereocenters. The molecule has 2 aliphatic rings. The molecule has 0 bridgehead atoms. The molecule has 0 radical (unpaired) electrons. The number of nitrogens with two attached hydrogens (primary N) is 2. The summed E-state index contributed by atoms with van der Waals surface area (Å²) in [5.41, 5.74) is 12.3. The molecule has 2 aliphatic heterocycles. The molecule has 32 heavy (non-hydrogen) atoms. The van der Waals surface area contributed by atoms with E-state index in [1.165, 1.54) is 0 Å². The van der Waals surface area contributed by atoms with E-state index in [1.54, 1.807) is 9.80 Å². The lowest BCUT2D eigenvalue weighted by atomic mass is 10.1. The molecular weight excluding hydrogens is 420 g/mol. The molecule has 2 fully saturated rings. The Morgan fingerprint density at radius 1 is 1.12 bits per heavy atom. The second-order valence-corrected chi connectivity index (χ2v) is 7.81. The smallest absolute Gasteiger partial charge is 0.414 e. The van der Waals surface area contributed by atoms with Crippen molar-refractivity contribution in [1.29, 1.82) is 0 Å². The number of carboxylic acid groups (broad SMARTS) is 2. The molecule has 2 heterocycles. The summed E-state index contributed by atoms with van der Waals surface area (Å²) in [7, 11) is 0. The number of hydrogen-bond donors (Lipinski definition) is 4. The van der Waals surface area contributed by atoms with E-state index in [-0.39, 0.29) is 12.1 Å². The normalized spacial score (nSPS) is 20.6. The van der Waals surface area contributed by atoms with Crippen LogP contribution in [0, 0.1) is 0 Å². The summed E-state index contributed by atoms with van der Waals surface area (Å²) in [6, 6.07) is 6.28. The van der Waals surface area contributed by atoms with E-state index in [1.807, 2.05) is 24.3 Å². The monoisotopic (exact) mass is 448 g/mol. The molecule has 0 aromatic heterocycles. The van der Waals surface area contributed by atoms with Gasteiger partial charge in [-0.1, -0.05) is 12.1 Å². The van der Waals surface area contributed by atoms with E-state index in [2.05, 4.69) is 9.89 Å². The topological polar surface area (TPSA) is 175 Å². The van der Waals surface area contributed by atoms with Crippen LogP contribution >= 0.6 is 0 Å². The third-order valence-electron chi connectivity index (χ3n) is 5.53. The summed E-state index contributed by atoms with van der Waals surface area (Å²) in [6.45, 7) is 3.29. The van der Waals surface area contributed by atoms with Crippen molar-refractivity contribution in [2.24, 2.45) is 16.5 Å². The number of carbonyl (C=O) groups excluding carboxylic acids is 1. The average Bonchev–Trinajstić information content (AvgIpc) is 3.11. The maximum Gasteiger partial charge on any atom is 0.414 e. The van der Waals surface area contributed by atoms with Crippen LogP contribution in [-0.2, 0) is 20.9 Å². The van der Waals surface area contributed by atoms with Gasteiger partial charge >= 0.3 is 18.0 Å². The molecule has 6 N–H and O–H groups in total. The highest BCUT2D eigenvalue weighted by atomic mass is 16.6. The molecule has 0 aliphatic carbocycles. The first-order valence-electron chi connectivity index (χ1n) is 10.3. The molecule has 12 heteroatoms. The number of cyclic esters (lactones) is 1. The Kier molecular flexibility index (Phi) is 7.49. The lowest BCUT2D eigenvalue weighted by molar-refractivity contribution is -0.150. The number of aliphatic carboxylic acids is 2. The van der Waals surface area contributed by atoms with Gasteiger partial charge in [-0.2, -0.15) is 0 Å². The molecule has 0 spiro atoms. The lowest BCUT2D eigenvalue weighted by Crippen LogP contribution is -2.54. The van der Waals surface area contributed by atoms with Crippen LogP contribution in [0.25, 0.3) is 0 Å². The summed E-state index contributed by atoms with van der Waals surface area (Å²) in [4.78, 5) is 44.0. The molecule has 1 aromatic carbocycles. The number of ether oxygens (including phenoxy) is 1. The number of guanidine groups is 1. The Morgan fingerprint density at radius 2 is 1.78 bits per heavy atom. The van der Waals surface area contributed by atoms with E-state index < -0.39 is 30.5 Å². The Morgan fingerprint density at radius 3 is 2.34 bits per heavy atom. The second-order valence-electron chi connectivity index (χ2n) is 7.81. The molecule has 3 rings (SSSR count). The van der Waals surface area contributed by atoms with Gasteiger partial charge in [0.1, 0.15) is 12.1 Å². The molecular formula is C20H28N6O6. The molecule has 2 saturated heterocycles. The maximum atomic E-state index is 12.3. The van der Waals surface area contributed by atoms with Crippen LogP contribution in [0.3, 0.4) is 0 Å². The van der Waals surface area contributed by atoms with Crippen molar-refractivity contribution in [2.45, 2.75) is 25.1 Å². The number of benzene rings is 1. The zero-order valence-corrected chi connectivity index (χ0v) is 17.6. The fourth-order valence-electron chi connectivity index (χ4n) is 3.87. The average molecular weight is 448 g/mol. The first-order valence-corrected chi connectivity index (χ1v) is 10.3. The minimum absolute atomic E-state index is 0.0150. The third kappa shape index (κ3) is 6.08. The fourth-order valence-corrected chi connectivity index (χ4v) is 3.87. The van der Waals surface area contributed by atoms with E-state index in [0.29, 0.717) is 51.5 Å². The van der Waals surface area contributed by atoms with E-state index >= 15 is 0 Å². The predicted octanol–water partition coefficient (Wildman–Crippen LogP) is -0.669. The van der Waals surface area contributed by atoms with Gasteiger partial charge in [-0.25, -0.2) is 9.79 Å². The number of rotatable bonds is 9. The summed E-state index contributed by atoms with van der Waals surface area (Å²) >= 11 is 0. The zero-order chi connectivity index (χ0) is 23.3. The van der Waals surface area contributed by atoms with Crippen LogP contribution in [-0.4, -0.2) is 95.4 Å². The van der Waals surface area contributed by atoms with Gasteiger partial charge in [0, 0.05) is 38.4 Å². The second kappa shape index (κ2) is 10.3. The summed E-state index contributed by atoms with van der Waals surface area (Å²) in [5, 5.41) is 18.3. The molecule has 12 nitrogen and oxygen atoms in total. The van der Waals surface area contributed by atoms with Gasteiger partial charge in [0.05, 0.1) is 19.5 Å². The van der Waals surface area contributed by atoms with Crippen molar-refractivity contribution in [3.8, 4) is 0 Å². The number of amides is 1. The number of carboxylic acids is 2. The van der Waals surface area contributed by atoms with E-state index in [0.717, 1.165) is 5.56 Å². The number of aliphatic imine (C=N–C) groups is 1. The molecule has 2 atom stereocenters. The Balaban J connectivity index is 1.50. The summed E-state index contributed by atoms with van der Waals surface area (Å²) < 4.78 is 5.51. The van der Waals surface area contributed by atoms with Crippen LogP contribution in [0.1, 0.15) is 12.0 Å². The molecule has 174 valence electrons. The van der Waals surface area contributed by atoms with Crippen LogP contribution in [0.15, 0.2) is 29.3 Å². The highest BCUT2D eigenvalue weighted by molar-refractivity contribution is 5.89. The maximum absolute atomic E-state index is 12.3. The molecule has 1 aromatic rings. The molecule has 0 saturated carbocycles. The van der Waals surface area contributed by atoms with Crippen molar-refractivity contribution in [1.82, 2.24) is 9.80 Å². The Hall–Kier alpha value is -3.38. The van der Waals surface area contributed by atoms with Gasteiger partial charge in [-0.05, 0) is 17.7 Å². The van der Waals surface area contributed by atoms with Crippen molar-refractivity contribution in [3.63, 3.8) is 0 Å². The first kappa shape index (κ1) is 23.3. The van der Waals surface area contributed by atoms with Gasteiger partial charge in [0.15, 0.2) is 5.96 Å². The molecule has 1 amide bonds. The predicted molar refractivity (Wildman–Crippen MR) is 115 cm³/mol. The van der Waals surface area contributed by atoms with Crippen LogP contribution < -0.4 is 16.4 Å². The first-order chi connectivity index (χ1) is 15.2. The van der Waals surface area contributed by atoms with Crippen molar-refractivity contribution >= 4 is 29.7 Å². The fraction of sp³-hybridized carbons (Fsp3) is 0.500. The van der Waals surface area contributed by atoms with E-state index in [9.17, 15) is 19.5 Å².